The summed E-state index contributed by atoms with van der Waals surface area (Å²) in [6.07, 6.45) is 48.0. The Morgan fingerprint density at radius 2 is 0.633 bits per heavy atom. The van der Waals surface area contributed by atoms with Gasteiger partial charge in [-0.3, -0.25) is 14.4 Å². The fourth-order valence-electron chi connectivity index (χ4n) is 8.13. The van der Waals surface area contributed by atoms with Crippen LogP contribution in [-0.4, -0.2) is 37.2 Å². The molecule has 0 heterocycles. The van der Waals surface area contributed by atoms with E-state index < -0.39 is 6.10 Å². The largest absolute Gasteiger partial charge is 0.462 e. The Hall–Kier alpha value is -1.59. The normalized spacial score (nSPS) is 12.5. The van der Waals surface area contributed by atoms with Crippen molar-refractivity contribution >= 4 is 17.9 Å². The second kappa shape index (κ2) is 46.9. The van der Waals surface area contributed by atoms with Gasteiger partial charge in [0.25, 0.3) is 0 Å². The number of hydrogen-bond acceptors (Lipinski definition) is 6. The molecule has 2 atom stereocenters. The van der Waals surface area contributed by atoms with Crippen LogP contribution in [-0.2, 0) is 28.6 Å². The van der Waals surface area contributed by atoms with Crippen LogP contribution in [0.2, 0.25) is 0 Å². The van der Waals surface area contributed by atoms with Crippen LogP contribution in [0.4, 0.5) is 0 Å². The van der Waals surface area contributed by atoms with Crippen molar-refractivity contribution in [3.8, 4) is 0 Å². The molecule has 0 aromatic heterocycles. The highest BCUT2D eigenvalue weighted by Gasteiger charge is 2.19. The summed E-state index contributed by atoms with van der Waals surface area (Å²) >= 11 is 0. The lowest BCUT2D eigenvalue weighted by atomic mass is 9.99. The van der Waals surface area contributed by atoms with E-state index in [9.17, 15) is 14.4 Å². The summed E-state index contributed by atoms with van der Waals surface area (Å²) in [6.45, 7) is 11.4. The standard InChI is InChI=1S/C54H104O6/c1-6-8-9-10-11-22-29-34-39-44-52(55)58-47-51(48-59-53(56)45-40-35-30-25-21-20-24-28-33-38-43-50(5)7-2)60-54(57)46-41-36-31-26-19-17-15-13-12-14-16-18-23-27-32-37-42-49(3)4/h49-51H,6-48H2,1-5H3/t50?,51-/m1/s1. The predicted molar refractivity (Wildman–Crippen MR) is 256 cm³/mol. The van der Waals surface area contributed by atoms with Crippen LogP contribution >= 0.6 is 0 Å². The molecule has 0 rings (SSSR count). The average Bonchev–Trinajstić information content (AvgIpc) is 3.23. The molecule has 0 aliphatic heterocycles. The number of ether oxygens (including phenoxy) is 3. The van der Waals surface area contributed by atoms with Gasteiger partial charge in [0.05, 0.1) is 0 Å². The molecule has 0 aromatic rings. The molecule has 0 aromatic carbocycles. The topological polar surface area (TPSA) is 78.9 Å². The van der Waals surface area contributed by atoms with Crippen LogP contribution in [0.25, 0.3) is 0 Å². The maximum atomic E-state index is 12.8. The van der Waals surface area contributed by atoms with Gasteiger partial charge in [0.15, 0.2) is 6.10 Å². The van der Waals surface area contributed by atoms with E-state index in [1.165, 1.54) is 186 Å². The van der Waals surface area contributed by atoms with E-state index in [1.807, 2.05) is 0 Å². The number of carbonyl (C=O) groups is 3. The van der Waals surface area contributed by atoms with E-state index in [4.69, 9.17) is 14.2 Å². The summed E-state index contributed by atoms with van der Waals surface area (Å²) in [5.74, 6) is 0.873. The zero-order chi connectivity index (χ0) is 44.0. The minimum Gasteiger partial charge on any atom is -0.462 e. The molecule has 0 aliphatic rings. The summed E-state index contributed by atoms with van der Waals surface area (Å²) in [4.78, 5) is 37.9. The maximum Gasteiger partial charge on any atom is 0.306 e. The Bertz CT molecular complexity index is 918. The number of unbranched alkanes of at least 4 members (excludes halogenated alkanes) is 32. The SMILES string of the molecule is CCCCCCCCCCCC(=O)OC[C@H](COC(=O)CCCCCCCCCCCCC(C)CC)OC(=O)CCCCCCCCCCCCCCCCCCC(C)C. The molecule has 60 heavy (non-hydrogen) atoms. The van der Waals surface area contributed by atoms with E-state index in [1.54, 1.807) is 0 Å². The molecule has 0 bridgehead atoms. The van der Waals surface area contributed by atoms with Crippen molar-refractivity contribution < 1.29 is 28.6 Å². The van der Waals surface area contributed by atoms with E-state index in [0.717, 1.165) is 69.6 Å². The van der Waals surface area contributed by atoms with Gasteiger partial charge < -0.3 is 14.2 Å². The third kappa shape index (κ3) is 45.9. The van der Waals surface area contributed by atoms with Crippen LogP contribution in [0.15, 0.2) is 0 Å². The van der Waals surface area contributed by atoms with Crippen molar-refractivity contribution in [2.45, 2.75) is 304 Å². The molecule has 0 spiro atoms. The number of carbonyl (C=O) groups excluding carboxylic acids is 3. The van der Waals surface area contributed by atoms with Gasteiger partial charge >= 0.3 is 17.9 Å². The third-order valence-corrected chi connectivity index (χ3v) is 12.6. The van der Waals surface area contributed by atoms with Crippen molar-refractivity contribution in [3.63, 3.8) is 0 Å². The minimum absolute atomic E-state index is 0.0637. The second-order valence-corrected chi connectivity index (χ2v) is 19.2. The van der Waals surface area contributed by atoms with Gasteiger partial charge in [-0.2, -0.15) is 0 Å². The fourth-order valence-corrected chi connectivity index (χ4v) is 8.13. The summed E-state index contributed by atoms with van der Waals surface area (Å²) in [5.41, 5.74) is 0. The molecule has 0 fully saturated rings. The van der Waals surface area contributed by atoms with Gasteiger partial charge in [-0.25, -0.2) is 0 Å². The Balaban J connectivity index is 4.24. The first-order valence-corrected chi connectivity index (χ1v) is 26.8. The number of rotatable bonds is 48. The highest BCUT2D eigenvalue weighted by atomic mass is 16.6. The second-order valence-electron chi connectivity index (χ2n) is 19.2. The van der Waals surface area contributed by atoms with Crippen LogP contribution in [0.3, 0.4) is 0 Å². The molecule has 1 unspecified atom stereocenters. The Labute approximate surface area is 374 Å². The van der Waals surface area contributed by atoms with Crippen molar-refractivity contribution in [2.75, 3.05) is 13.2 Å². The zero-order valence-electron chi connectivity index (χ0n) is 41.1. The average molecular weight is 849 g/mol. The summed E-state index contributed by atoms with van der Waals surface area (Å²) in [7, 11) is 0. The Morgan fingerprint density at radius 1 is 0.350 bits per heavy atom. The summed E-state index contributed by atoms with van der Waals surface area (Å²) < 4.78 is 16.8. The molecule has 0 amide bonds. The van der Waals surface area contributed by atoms with E-state index >= 15 is 0 Å². The molecule has 0 saturated carbocycles. The van der Waals surface area contributed by atoms with Crippen LogP contribution in [0, 0.1) is 11.8 Å². The highest BCUT2D eigenvalue weighted by Crippen LogP contribution is 2.18. The number of esters is 3. The smallest absolute Gasteiger partial charge is 0.306 e. The molecule has 0 saturated heterocycles. The maximum absolute atomic E-state index is 12.8. The van der Waals surface area contributed by atoms with Crippen LogP contribution in [0.1, 0.15) is 298 Å². The fraction of sp³-hybridized carbons (Fsp3) is 0.944. The molecular weight excluding hydrogens is 745 g/mol. The lowest BCUT2D eigenvalue weighted by Gasteiger charge is -2.18. The lowest BCUT2D eigenvalue weighted by Crippen LogP contribution is -2.30. The van der Waals surface area contributed by atoms with Gasteiger partial charge in [-0.1, -0.05) is 259 Å². The van der Waals surface area contributed by atoms with Gasteiger partial charge in [0, 0.05) is 19.3 Å². The Morgan fingerprint density at radius 3 is 0.950 bits per heavy atom. The monoisotopic (exact) mass is 849 g/mol. The van der Waals surface area contributed by atoms with Crippen molar-refractivity contribution in [1.82, 2.24) is 0 Å². The first-order valence-electron chi connectivity index (χ1n) is 26.8. The van der Waals surface area contributed by atoms with Gasteiger partial charge in [-0.15, -0.1) is 0 Å². The molecule has 6 heteroatoms. The lowest BCUT2D eigenvalue weighted by molar-refractivity contribution is -0.167. The van der Waals surface area contributed by atoms with Gasteiger partial charge in [-0.05, 0) is 31.1 Å². The number of hydrogen-bond donors (Lipinski definition) is 0. The highest BCUT2D eigenvalue weighted by molar-refractivity contribution is 5.71. The molecule has 6 nitrogen and oxygen atoms in total. The zero-order valence-corrected chi connectivity index (χ0v) is 41.1. The van der Waals surface area contributed by atoms with Gasteiger partial charge in [0.2, 0.25) is 0 Å². The molecule has 356 valence electrons. The van der Waals surface area contributed by atoms with E-state index in [0.29, 0.717) is 19.3 Å². The molecular formula is C54H104O6. The first kappa shape index (κ1) is 58.4. The quantitative estimate of drug-likeness (QED) is 0.0345. The van der Waals surface area contributed by atoms with E-state index in [2.05, 4.69) is 34.6 Å². The predicted octanol–water partition coefficient (Wildman–Crippen LogP) is 17.3. The van der Waals surface area contributed by atoms with Crippen LogP contribution in [0.5, 0.6) is 0 Å². The van der Waals surface area contributed by atoms with Crippen molar-refractivity contribution in [1.29, 1.82) is 0 Å². The molecule has 0 N–H and O–H groups in total. The van der Waals surface area contributed by atoms with Crippen molar-refractivity contribution in [3.05, 3.63) is 0 Å². The third-order valence-electron chi connectivity index (χ3n) is 12.6. The van der Waals surface area contributed by atoms with Gasteiger partial charge in [0.1, 0.15) is 13.2 Å². The summed E-state index contributed by atoms with van der Waals surface area (Å²) in [5, 5.41) is 0. The van der Waals surface area contributed by atoms with Crippen LogP contribution < -0.4 is 0 Å². The molecule has 0 aliphatic carbocycles. The Kier molecular flexibility index (Phi) is 45.7. The summed E-state index contributed by atoms with van der Waals surface area (Å²) in [6, 6.07) is 0. The molecule has 0 radical (unpaired) electrons. The minimum atomic E-state index is -0.761. The van der Waals surface area contributed by atoms with E-state index in [-0.39, 0.29) is 31.1 Å². The van der Waals surface area contributed by atoms with Crippen molar-refractivity contribution in [2.24, 2.45) is 11.8 Å². The first-order chi connectivity index (χ1) is 29.3.